The highest BCUT2D eigenvalue weighted by molar-refractivity contribution is 5.36. The molecule has 0 N–H and O–H groups in total. The molecule has 0 unspecified atom stereocenters. The molecule has 0 radical (unpaired) electrons. The molecule has 1 rings (SSSR count). The number of rotatable bonds is 2. The van der Waals surface area contributed by atoms with Crippen molar-refractivity contribution < 1.29 is 4.74 Å². The van der Waals surface area contributed by atoms with Crippen LogP contribution in [0.2, 0.25) is 0 Å². The molecule has 0 spiro atoms. The first-order valence-electron chi connectivity index (χ1n) is 4.14. The van der Waals surface area contributed by atoms with E-state index in [-0.39, 0.29) is 0 Å². The second-order valence-corrected chi connectivity index (χ2v) is 3.06. The van der Waals surface area contributed by atoms with E-state index in [0.717, 1.165) is 5.56 Å². The Bertz CT molecular complexity index is 339. The van der Waals surface area contributed by atoms with Crippen LogP contribution in [0.15, 0.2) is 12.1 Å². The van der Waals surface area contributed by atoms with Crippen LogP contribution in [0.3, 0.4) is 0 Å². The van der Waals surface area contributed by atoms with Crippen molar-refractivity contribution in [2.45, 2.75) is 19.8 Å². The van der Waals surface area contributed by atoms with Gasteiger partial charge in [-0.1, -0.05) is 19.9 Å². The standard InChI is InChI=1S/C10H12N2O/c1-7(2)8-4-5-10(13-3)12-9(8)6-11/h4-5,7H,1-3H3. The first kappa shape index (κ1) is 9.53. The molecule has 0 aromatic carbocycles. The van der Waals surface area contributed by atoms with Gasteiger partial charge in [0.15, 0.2) is 0 Å². The lowest BCUT2D eigenvalue weighted by Gasteiger charge is -2.07. The maximum atomic E-state index is 8.82. The lowest BCUT2D eigenvalue weighted by molar-refractivity contribution is 0.397. The third-order valence-electron chi connectivity index (χ3n) is 1.84. The molecule has 0 aliphatic rings. The van der Waals surface area contributed by atoms with Crippen LogP contribution in [0.4, 0.5) is 0 Å². The zero-order valence-electron chi connectivity index (χ0n) is 8.03. The summed E-state index contributed by atoms with van der Waals surface area (Å²) in [5, 5.41) is 8.82. The van der Waals surface area contributed by atoms with Crippen LogP contribution in [-0.4, -0.2) is 12.1 Å². The lowest BCUT2D eigenvalue weighted by Crippen LogP contribution is -1.97. The van der Waals surface area contributed by atoms with Gasteiger partial charge in [0, 0.05) is 6.07 Å². The van der Waals surface area contributed by atoms with Crippen molar-refractivity contribution in [2.24, 2.45) is 0 Å². The molecular weight excluding hydrogens is 164 g/mol. The number of aromatic nitrogens is 1. The highest BCUT2D eigenvalue weighted by Gasteiger charge is 2.08. The van der Waals surface area contributed by atoms with Gasteiger partial charge in [-0.25, -0.2) is 4.98 Å². The van der Waals surface area contributed by atoms with Crippen molar-refractivity contribution in [1.29, 1.82) is 5.26 Å². The first-order valence-corrected chi connectivity index (χ1v) is 4.14. The van der Waals surface area contributed by atoms with E-state index in [0.29, 0.717) is 17.5 Å². The molecule has 0 fully saturated rings. The van der Waals surface area contributed by atoms with E-state index in [9.17, 15) is 0 Å². The van der Waals surface area contributed by atoms with Crippen LogP contribution >= 0.6 is 0 Å². The van der Waals surface area contributed by atoms with Gasteiger partial charge in [0.1, 0.15) is 11.8 Å². The maximum Gasteiger partial charge on any atom is 0.214 e. The molecule has 13 heavy (non-hydrogen) atoms. The molecule has 0 bridgehead atoms. The Morgan fingerprint density at radius 1 is 1.46 bits per heavy atom. The predicted octanol–water partition coefficient (Wildman–Crippen LogP) is 2.09. The molecule has 3 heteroatoms. The molecule has 0 aliphatic heterocycles. The minimum atomic E-state index is 0.313. The van der Waals surface area contributed by atoms with Crippen LogP contribution in [-0.2, 0) is 0 Å². The summed E-state index contributed by atoms with van der Waals surface area (Å²) in [4.78, 5) is 4.05. The Labute approximate surface area is 78.0 Å². The van der Waals surface area contributed by atoms with Crippen molar-refractivity contribution >= 4 is 0 Å². The van der Waals surface area contributed by atoms with E-state index < -0.39 is 0 Å². The van der Waals surface area contributed by atoms with E-state index in [2.05, 4.69) is 11.1 Å². The summed E-state index contributed by atoms with van der Waals surface area (Å²) in [7, 11) is 1.54. The predicted molar refractivity (Wildman–Crippen MR) is 49.6 cm³/mol. The number of nitrogens with zero attached hydrogens (tertiary/aromatic N) is 2. The van der Waals surface area contributed by atoms with E-state index in [1.165, 1.54) is 0 Å². The average molecular weight is 176 g/mol. The second-order valence-electron chi connectivity index (χ2n) is 3.06. The SMILES string of the molecule is COc1ccc(C(C)C)c(C#N)n1. The molecule has 0 atom stereocenters. The Morgan fingerprint density at radius 3 is 2.62 bits per heavy atom. The number of methoxy groups -OCH3 is 1. The third kappa shape index (κ3) is 1.97. The van der Waals surface area contributed by atoms with Gasteiger partial charge in [-0.2, -0.15) is 5.26 Å². The van der Waals surface area contributed by atoms with Crippen molar-refractivity contribution in [3.05, 3.63) is 23.4 Å². The summed E-state index contributed by atoms with van der Waals surface area (Å²) in [6.07, 6.45) is 0. The van der Waals surface area contributed by atoms with Gasteiger partial charge in [-0.15, -0.1) is 0 Å². The minimum Gasteiger partial charge on any atom is -0.481 e. The molecule has 1 aromatic heterocycles. The monoisotopic (exact) mass is 176 g/mol. The number of pyridine rings is 1. The molecule has 0 saturated heterocycles. The summed E-state index contributed by atoms with van der Waals surface area (Å²) in [6.45, 7) is 4.06. The highest BCUT2D eigenvalue weighted by Crippen LogP contribution is 2.19. The summed E-state index contributed by atoms with van der Waals surface area (Å²) in [6, 6.07) is 5.72. The maximum absolute atomic E-state index is 8.82. The molecular formula is C10H12N2O. The zero-order chi connectivity index (χ0) is 9.84. The fourth-order valence-corrected chi connectivity index (χ4v) is 1.12. The largest absolute Gasteiger partial charge is 0.481 e. The Kier molecular flexibility index (Phi) is 2.86. The Morgan fingerprint density at radius 2 is 2.15 bits per heavy atom. The summed E-state index contributed by atoms with van der Waals surface area (Å²) in [5.74, 6) is 0.800. The number of nitriles is 1. The molecule has 1 heterocycles. The summed E-state index contributed by atoms with van der Waals surface area (Å²) in [5.41, 5.74) is 1.41. The average Bonchev–Trinajstić information content (AvgIpc) is 2.16. The Hall–Kier alpha value is -1.56. The molecule has 68 valence electrons. The fraction of sp³-hybridized carbons (Fsp3) is 0.400. The van der Waals surface area contributed by atoms with Gasteiger partial charge in [-0.05, 0) is 11.5 Å². The van der Waals surface area contributed by atoms with E-state index in [4.69, 9.17) is 10.00 Å². The number of ether oxygens (including phenoxy) is 1. The molecule has 1 aromatic rings. The zero-order valence-corrected chi connectivity index (χ0v) is 8.03. The van der Waals surface area contributed by atoms with Gasteiger partial charge in [0.05, 0.1) is 7.11 Å². The van der Waals surface area contributed by atoms with Crippen molar-refractivity contribution in [3.8, 4) is 11.9 Å². The van der Waals surface area contributed by atoms with Crippen LogP contribution in [0.1, 0.15) is 31.0 Å². The van der Waals surface area contributed by atoms with Gasteiger partial charge < -0.3 is 4.74 Å². The fourth-order valence-electron chi connectivity index (χ4n) is 1.12. The molecule has 0 saturated carbocycles. The van der Waals surface area contributed by atoms with E-state index in [1.54, 1.807) is 13.2 Å². The number of hydrogen-bond donors (Lipinski definition) is 0. The van der Waals surface area contributed by atoms with Crippen molar-refractivity contribution in [3.63, 3.8) is 0 Å². The van der Waals surface area contributed by atoms with Gasteiger partial charge in [0.25, 0.3) is 0 Å². The van der Waals surface area contributed by atoms with E-state index in [1.807, 2.05) is 19.9 Å². The minimum absolute atomic E-state index is 0.313. The van der Waals surface area contributed by atoms with Crippen LogP contribution in [0.25, 0.3) is 0 Å². The second kappa shape index (κ2) is 3.90. The smallest absolute Gasteiger partial charge is 0.214 e. The van der Waals surface area contributed by atoms with Gasteiger partial charge in [-0.3, -0.25) is 0 Å². The number of hydrogen-bond acceptors (Lipinski definition) is 3. The quantitative estimate of drug-likeness (QED) is 0.693. The van der Waals surface area contributed by atoms with Crippen LogP contribution in [0.5, 0.6) is 5.88 Å². The molecule has 0 aliphatic carbocycles. The Balaban J connectivity index is 3.18. The topological polar surface area (TPSA) is 45.9 Å². The summed E-state index contributed by atoms with van der Waals surface area (Å²) < 4.78 is 4.93. The van der Waals surface area contributed by atoms with Gasteiger partial charge in [0.2, 0.25) is 5.88 Å². The van der Waals surface area contributed by atoms with Crippen LogP contribution < -0.4 is 4.74 Å². The first-order chi connectivity index (χ1) is 6.19. The third-order valence-corrected chi connectivity index (χ3v) is 1.84. The van der Waals surface area contributed by atoms with E-state index >= 15 is 0 Å². The lowest BCUT2D eigenvalue weighted by atomic mass is 10.0. The van der Waals surface area contributed by atoms with Crippen molar-refractivity contribution in [2.75, 3.05) is 7.11 Å². The van der Waals surface area contributed by atoms with Crippen molar-refractivity contribution in [1.82, 2.24) is 4.98 Å². The van der Waals surface area contributed by atoms with Crippen LogP contribution in [0, 0.1) is 11.3 Å². The molecule has 3 nitrogen and oxygen atoms in total. The van der Waals surface area contributed by atoms with Gasteiger partial charge >= 0.3 is 0 Å². The normalized spacial score (nSPS) is 9.77. The molecule has 0 amide bonds. The highest BCUT2D eigenvalue weighted by atomic mass is 16.5. The summed E-state index contributed by atoms with van der Waals surface area (Å²) >= 11 is 0.